The van der Waals surface area contributed by atoms with Crippen molar-refractivity contribution in [2.24, 2.45) is 0 Å². The Kier molecular flexibility index (Phi) is 4.77. The first-order valence-corrected chi connectivity index (χ1v) is 7.34. The number of aromatic nitrogens is 2. The van der Waals surface area contributed by atoms with Crippen LogP contribution in [-0.4, -0.2) is 16.1 Å². The minimum Gasteiger partial charge on any atom is -0.334 e. The molecule has 18 heavy (non-hydrogen) atoms. The molecule has 0 aliphatic heterocycles. The van der Waals surface area contributed by atoms with Crippen molar-refractivity contribution in [3.8, 4) is 0 Å². The van der Waals surface area contributed by atoms with Gasteiger partial charge < -0.3 is 9.88 Å². The highest BCUT2D eigenvalue weighted by atomic mass is 127. The maximum Gasteiger partial charge on any atom is 0.130 e. The lowest BCUT2D eigenvalue weighted by atomic mass is 10.1. The van der Waals surface area contributed by atoms with Gasteiger partial charge in [0.15, 0.2) is 0 Å². The molecule has 0 radical (unpaired) electrons. The fraction of sp³-hybridized carbons (Fsp3) is 0.357. The molecule has 96 valence electrons. The van der Waals surface area contributed by atoms with E-state index >= 15 is 0 Å². The fourth-order valence-electron chi connectivity index (χ4n) is 2.10. The zero-order valence-electron chi connectivity index (χ0n) is 10.7. The Labute approximate surface area is 122 Å². The second kappa shape index (κ2) is 6.33. The van der Waals surface area contributed by atoms with Gasteiger partial charge in [-0.25, -0.2) is 4.98 Å². The molecule has 3 nitrogen and oxygen atoms in total. The number of nitrogens with zero attached hydrogens (tertiary/aromatic N) is 2. The maximum absolute atomic E-state index is 4.51. The lowest BCUT2D eigenvalue weighted by Gasteiger charge is -2.19. The third-order valence-electron chi connectivity index (χ3n) is 2.94. The first-order valence-electron chi connectivity index (χ1n) is 6.26. The van der Waals surface area contributed by atoms with Gasteiger partial charge in [-0.15, -0.1) is 0 Å². The van der Waals surface area contributed by atoms with Gasteiger partial charge in [0.25, 0.3) is 0 Å². The van der Waals surface area contributed by atoms with Crippen LogP contribution in [0.25, 0.3) is 0 Å². The summed E-state index contributed by atoms with van der Waals surface area (Å²) in [4.78, 5) is 4.51. The standard InChI is InChI=1S/C14H18IN3/c1-3-16-13(11-6-5-7-12(15)10-11)14-17-8-9-18(14)4-2/h5-10,13,16H,3-4H2,1-2H3. The summed E-state index contributed by atoms with van der Waals surface area (Å²) >= 11 is 2.35. The molecular weight excluding hydrogens is 337 g/mol. The molecule has 0 bridgehead atoms. The topological polar surface area (TPSA) is 29.9 Å². The molecule has 1 unspecified atom stereocenters. The largest absolute Gasteiger partial charge is 0.334 e. The summed E-state index contributed by atoms with van der Waals surface area (Å²) in [6, 6.07) is 8.74. The molecule has 0 saturated heterocycles. The van der Waals surface area contributed by atoms with E-state index in [1.54, 1.807) is 0 Å². The molecule has 1 heterocycles. The molecule has 0 spiro atoms. The van der Waals surface area contributed by atoms with E-state index in [9.17, 15) is 0 Å². The summed E-state index contributed by atoms with van der Waals surface area (Å²) in [5.74, 6) is 1.08. The van der Waals surface area contributed by atoms with Gasteiger partial charge in [-0.3, -0.25) is 0 Å². The van der Waals surface area contributed by atoms with Crippen LogP contribution < -0.4 is 5.32 Å². The molecule has 0 aliphatic rings. The smallest absolute Gasteiger partial charge is 0.130 e. The Morgan fingerprint density at radius 1 is 1.39 bits per heavy atom. The highest BCUT2D eigenvalue weighted by Gasteiger charge is 2.17. The normalized spacial score (nSPS) is 12.6. The number of rotatable bonds is 5. The number of benzene rings is 1. The average Bonchev–Trinajstić information content (AvgIpc) is 2.84. The lowest BCUT2D eigenvalue weighted by molar-refractivity contribution is 0.559. The van der Waals surface area contributed by atoms with Crippen LogP contribution in [0.5, 0.6) is 0 Å². The Morgan fingerprint density at radius 2 is 2.22 bits per heavy atom. The molecule has 0 amide bonds. The Hall–Kier alpha value is -0.880. The van der Waals surface area contributed by atoms with Gasteiger partial charge in [0, 0.05) is 22.5 Å². The van der Waals surface area contributed by atoms with Gasteiger partial charge in [-0.1, -0.05) is 19.1 Å². The summed E-state index contributed by atoms with van der Waals surface area (Å²) in [5, 5.41) is 3.52. The predicted molar refractivity (Wildman–Crippen MR) is 82.6 cm³/mol. The van der Waals surface area contributed by atoms with Crippen LogP contribution in [-0.2, 0) is 6.54 Å². The van der Waals surface area contributed by atoms with Gasteiger partial charge in [0.2, 0.25) is 0 Å². The van der Waals surface area contributed by atoms with Crippen molar-refractivity contribution in [3.63, 3.8) is 0 Å². The molecule has 4 heteroatoms. The highest BCUT2D eigenvalue weighted by molar-refractivity contribution is 14.1. The van der Waals surface area contributed by atoms with E-state index in [0.717, 1.165) is 18.9 Å². The van der Waals surface area contributed by atoms with E-state index < -0.39 is 0 Å². The summed E-state index contributed by atoms with van der Waals surface area (Å²) in [6.07, 6.45) is 3.91. The van der Waals surface area contributed by atoms with Crippen molar-refractivity contribution in [2.75, 3.05) is 6.54 Å². The van der Waals surface area contributed by atoms with Crippen LogP contribution in [0.1, 0.15) is 31.3 Å². The number of aryl methyl sites for hydroxylation is 1. The lowest BCUT2D eigenvalue weighted by Crippen LogP contribution is -2.25. The Balaban J connectivity index is 2.39. The van der Waals surface area contributed by atoms with Crippen LogP contribution in [0, 0.1) is 3.57 Å². The summed E-state index contributed by atoms with van der Waals surface area (Å²) in [5.41, 5.74) is 1.27. The van der Waals surface area contributed by atoms with Crippen LogP contribution in [0.2, 0.25) is 0 Å². The number of nitrogens with one attached hydrogen (secondary N) is 1. The second-order valence-corrected chi connectivity index (χ2v) is 5.36. The minimum atomic E-state index is 0.166. The molecule has 1 aromatic carbocycles. The van der Waals surface area contributed by atoms with Crippen LogP contribution in [0.4, 0.5) is 0 Å². The molecule has 0 fully saturated rings. The van der Waals surface area contributed by atoms with Gasteiger partial charge >= 0.3 is 0 Å². The summed E-state index contributed by atoms with van der Waals surface area (Å²) in [6.45, 7) is 6.14. The zero-order chi connectivity index (χ0) is 13.0. The van der Waals surface area contributed by atoms with Gasteiger partial charge in [-0.2, -0.15) is 0 Å². The quantitative estimate of drug-likeness (QED) is 0.835. The number of imidazole rings is 1. The van der Waals surface area contributed by atoms with Gasteiger partial charge in [0.1, 0.15) is 5.82 Å². The molecule has 1 aromatic heterocycles. The van der Waals surface area contributed by atoms with E-state index in [-0.39, 0.29) is 6.04 Å². The molecule has 2 aromatic rings. The van der Waals surface area contributed by atoms with Crippen molar-refractivity contribution in [2.45, 2.75) is 26.4 Å². The van der Waals surface area contributed by atoms with Gasteiger partial charge in [-0.05, 0) is 53.8 Å². The van der Waals surface area contributed by atoms with Gasteiger partial charge in [0.05, 0.1) is 6.04 Å². The van der Waals surface area contributed by atoms with E-state index in [2.05, 4.69) is 75.6 Å². The molecule has 0 saturated carbocycles. The van der Waals surface area contributed by atoms with Crippen molar-refractivity contribution in [1.82, 2.24) is 14.9 Å². The first kappa shape index (κ1) is 13.5. The Bertz CT molecular complexity index is 507. The molecular formula is C14H18IN3. The van der Waals surface area contributed by atoms with Crippen molar-refractivity contribution in [3.05, 3.63) is 51.6 Å². The Morgan fingerprint density at radius 3 is 2.89 bits per heavy atom. The van der Waals surface area contributed by atoms with Crippen molar-refractivity contribution < 1.29 is 0 Å². The first-order chi connectivity index (χ1) is 8.76. The van der Waals surface area contributed by atoms with Crippen molar-refractivity contribution in [1.29, 1.82) is 0 Å². The van der Waals surface area contributed by atoms with E-state index in [0.29, 0.717) is 0 Å². The summed E-state index contributed by atoms with van der Waals surface area (Å²) in [7, 11) is 0. The second-order valence-electron chi connectivity index (χ2n) is 4.12. The SMILES string of the molecule is CCNC(c1cccc(I)c1)c1nccn1CC. The number of halogens is 1. The highest BCUT2D eigenvalue weighted by Crippen LogP contribution is 2.22. The number of hydrogen-bond donors (Lipinski definition) is 1. The van der Waals surface area contributed by atoms with Crippen molar-refractivity contribution >= 4 is 22.6 Å². The van der Waals surface area contributed by atoms with E-state index in [1.165, 1.54) is 9.13 Å². The number of hydrogen-bond acceptors (Lipinski definition) is 2. The predicted octanol–water partition coefficient (Wildman–Crippen LogP) is 3.21. The van der Waals surface area contributed by atoms with E-state index in [1.807, 2.05) is 12.4 Å². The third-order valence-corrected chi connectivity index (χ3v) is 3.61. The van der Waals surface area contributed by atoms with Crippen LogP contribution >= 0.6 is 22.6 Å². The van der Waals surface area contributed by atoms with Crippen LogP contribution in [0.15, 0.2) is 36.7 Å². The fourth-order valence-corrected chi connectivity index (χ4v) is 2.66. The third kappa shape index (κ3) is 2.92. The molecule has 1 N–H and O–H groups in total. The van der Waals surface area contributed by atoms with Crippen LogP contribution in [0.3, 0.4) is 0 Å². The monoisotopic (exact) mass is 355 g/mol. The zero-order valence-corrected chi connectivity index (χ0v) is 12.9. The van der Waals surface area contributed by atoms with E-state index in [4.69, 9.17) is 0 Å². The molecule has 1 atom stereocenters. The average molecular weight is 355 g/mol. The molecule has 0 aliphatic carbocycles. The minimum absolute atomic E-state index is 0.166. The summed E-state index contributed by atoms with van der Waals surface area (Å²) < 4.78 is 3.44. The maximum atomic E-state index is 4.51. The molecule has 2 rings (SSSR count).